The zero-order valence-corrected chi connectivity index (χ0v) is 66.1. The number of unbranched alkanes of at least 4 members (excludes halogenated alkanes) is 2. The molecular weight excluding hydrogens is 1460 g/mol. The number of benzene rings is 4. The van der Waals surface area contributed by atoms with Crippen molar-refractivity contribution in [2.45, 2.75) is 199 Å². The summed E-state index contributed by atoms with van der Waals surface area (Å²) in [6, 6.07) is 10.8. The Morgan fingerprint density at radius 1 is 0.598 bits per heavy atom. The highest BCUT2D eigenvalue weighted by Crippen LogP contribution is 2.33. The van der Waals surface area contributed by atoms with Gasteiger partial charge in [-0.15, -0.1) is 0 Å². The highest BCUT2D eigenvalue weighted by atomic mass is 35.5. The van der Waals surface area contributed by atoms with Crippen LogP contribution in [0.15, 0.2) is 126 Å². The molecule has 0 aliphatic carbocycles. The molecule has 0 radical (unpaired) electrons. The molecule has 1 aliphatic heterocycles. The first-order valence-electron chi connectivity index (χ1n) is 38.4. The van der Waals surface area contributed by atoms with Gasteiger partial charge in [-0.2, -0.15) is 0 Å². The fraction of sp³-hybridized carbons (Fsp3) is 0.500. The lowest BCUT2D eigenvalue weighted by Crippen LogP contribution is -2.74. The van der Waals surface area contributed by atoms with Gasteiger partial charge in [-0.1, -0.05) is 98.2 Å². The number of halogens is 1. The summed E-state index contributed by atoms with van der Waals surface area (Å²) in [5.41, 5.74) is 24.5. The summed E-state index contributed by atoms with van der Waals surface area (Å²) in [4.78, 5) is 189. The van der Waals surface area contributed by atoms with Gasteiger partial charge in [-0.25, -0.2) is 4.90 Å². The van der Waals surface area contributed by atoms with Gasteiger partial charge in [-0.05, 0) is 175 Å². The lowest BCUT2D eigenvalue weighted by Gasteiger charge is -2.44. The number of ketones is 1. The Kier molecular flexibility index (Phi) is 36.6. The number of aromatic hydroxyl groups is 1. The van der Waals surface area contributed by atoms with E-state index < -0.39 is 157 Å². The first-order valence-corrected chi connectivity index (χ1v) is 38.8. The first kappa shape index (κ1) is 90.6. The largest absolute Gasteiger partial charge is 0.508 e. The number of nitrogens with two attached hydrogens (primary N) is 4. The van der Waals surface area contributed by atoms with E-state index in [1.165, 1.54) is 60.9 Å². The van der Waals surface area contributed by atoms with Crippen LogP contribution < -0.4 is 65.5 Å². The molecule has 10 amide bonds. The van der Waals surface area contributed by atoms with E-state index in [4.69, 9.17) is 34.5 Å². The van der Waals surface area contributed by atoms with Gasteiger partial charge in [0, 0.05) is 83.0 Å². The number of pyridine rings is 1. The number of fused-ring (bicyclic) bond motifs is 1. The number of carbonyl (C=O) groups excluding carboxylic acids is 11. The van der Waals surface area contributed by atoms with E-state index in [0.29, 0.717) is 109 Å². The maximum atomic E-state index is 17.6. The van der Waals surface area contributed by atoms with E-state index >= 15 is 28.8 Å². The number of Topliss-reactive ketones (excluding diaryl/α,β-unsaturated/α-hetero) is 1. The number of aliphatic imine (C=N–C) groups is 2. The van der Waals surface area contributed by atoms with Gasteiger partial charge in [0.2, 0.25) is 35.4 Å². The molecule has 0 bridgehead atoms. The minimum atomic E-state index is -3.60. The van der Waals surface area contributed by atoms with Crippen LogP contribution in [0.2, 0.25) is 5.02 Å². The topological polar surface area (TPSA) is 476 Å². The normalized spacial score (nSPS) is 15.2. The van der Waals surface area contributed by atoms with Crippen LogP contribution >= 0.6 is 11.6 Å². The number of aliphatic hydroxyl groups is 1. The number of guanidine groups is 2. The first-order chi connectivity index (χ1) is 53.5. The molecule has 0 unspecified atom stereocenters. The Morgan fingerprint density at radius 2 is 1.14 bits per heavy atom. The average Bonchev–Trinajstić information content (AvgIpc) is 0.903. The van der Waals surface area contributed by atoms with E-state index in [0.717, 1.165) is 18.7 Å². The molecule has 1 saturated heterocycles. The fourth-order valence-electron chi connectivity index (χ4n) is 13.2. The monoisotopic (exact) mass is 1570 g/mol. The second-order valence-corrected chi connectivity index (χ2v) is 28.7. The zero-order valence-electron chi connectivity index (χ0n) is 65.3. The number of hydrogen-bond donors (Lipinski definition) is 14. The molecule has 0 spiro atoms. The lowest BCUT2D eigenvalue weighted by molar-refractivity contribution is -0.174. The minimum Gasteiger partial charge on any atom is -0.508 e. The van der Waals surface area contributed by atoms with Crippen molar-refractivity contribution >= 4 is 99.1 Å². The van der Waals surface area contributed by atoms with E-state index in [-0.39, 0.29) is 66.2 Å². The van der Waals surface area contributed by atoms with Crippen LogP contribution in [-0.4, -0.2) is 219 Å². The third-order valence-electron chi connectivity index (χ3n) is 19.0. The summed E-state index contributed by atoms with van der Waals surface area (Å²) in [7, 11) is 0. The van der Waals surface area contributed by atoms with Crippen LogP contribution in [0.1, 0.15) is 135 Å². The van der Waals surface area contributed by atoms with Gasteiger partial charge in [0.25, 0.3) is 23.6 Å². The van der Waals surface area contributed by atoms with E-state index in [2.05, 4.69) is 57.5 Å². The molecule has 0 saturated carbocycles. The van der Waals surface area contributed by atoms with E-state index in [9.17, 15) is 34.2 Å². The van der Waals surface area contributed by atoms with Gasteiger partial charge >= 0.3 is 0 Å². The molecule has 2 heterocycles. The van der Waals surface area contributed by atoms with E-state index in [1.54, 1.807) is 68.4 Å². The molecule has 112 heavy (non-hydrogen) atoms. The number of phenols is 1. The van der Waals surface area contributed by atoms with Crippen LogP contribution in [-0.2, 0) is 78.4 Å². The molecule has 6 rings (SSSR count). The summed E-state index contributed by atoms with van der Waals surface area (Å²) in [5.74, 6) is -14.1. The second kappa shape index (κ2) is 45.3. The summed E-state index contributed by atoms with van der Waals surface area (Å²) < 4.78 is 0. The number of imide groups is 4. The smallest absolute Gasteiger partial charge is 0.270 e. The Hall–Kier alpha value is -10.3. The number of nitrogens with zero attached hydrogens (tertiary/aromatic N) is 6. The molecule has 5 aromatic rings. The number of aromatic nitrogens is 1. The summed E-state index contributed by atoms with van der Waals surface area (Å²) in [6.45, 7) is 14.7. The Balaban J connectivity index is 1.64. The van der Waals surface area contributed by atoms with Gasteiger partial charge in [0.05, 0.1) is 36.8 Å². The lowest BCUT2D eigenvalue weighted by atomic mass is 9.82. The molecule has 1 aromatic heterocycles. The number of phenolic OH excluding ortho intramolecular Hbond substituents is 1. The quantitative estimate of drug-likeness (QED) is 0.0115. The minimum absolute atomic E-state index is 0.0275. The Labute approximate surface area is 659 Å². The highest BCUT2D eigenvalue weighted by molar-refractivity contribution is 6.30. The van der Waals surface area contributed by atoms with Crippen LogP contribution in [0, 0.1) is 5.92 Å². The average molecular weight is 1570 g/mol. The Morgan fingerprint density at radius 3 is 1.72 bits per heavy atom. The van der Waals surface area contributed by atoms with Crippen molar-refractivity contribution in [2.75, 3.05) is 52.4 Å². The highest BCUT2D eigenvalue weighted by Gasteiger charge is 2.60. The molecule has 1 fully saturated rings. The second-order valence-electron chi connectivity index (χ2n) is 28.3. The van der Waals surface area contributed by atoms with Crippen molar-refractivity contribution in [3.8, 4) is 5.75 Å². The predicted octanol–water partition coefficient (Wildman–Crippen LogP) is 2.22. The number of hydrogen-bond acceptors (Lipinski definition) is 20. The predicted molar refractivity (Wildman–Crippen MR) is 428 cm³/mol. The molecule has 1 aliphatic rings. The van der Waals surface area contributed by atoms with Crippen molar-refractivity contribution in [3.05, 3.63) is 143 Å². The number of aliphatic hydroxyl groups excluding tert-OH is 1. The van der Waals surface area contributed by atoms with E-state index in [1.807, 2.05) is 27.7 Å². The molecule has 10 atom stereocenters. The molecule has 4 aromatic carbocycles. The van der Waals surface area contributed by atoms with Crippen molar-refractivity contribution in [1.29, 1.82) is 0 Å². The summed E-state index contributed by atoms with van der Waals surface area (Å²) in [5, 5.41) is 45.8. The van der Waals surface area contributed by atoms with Gasteiger partial charge in [-0.3, -0.25) is 72.6 Å². The number of rotatable bonds is 41. The van der Waals surface area contributed by atoms with Crippen molar-refractivity contribution in [2.24, 2.45) is 38.8 Å². The SMILES string of the molecule is CCNC(=NCCCC[C@@H](N)C(=O)N[C@@H](CC(C)C)C(=O)N(C(=O)[C@H](Cc1ccc(O)cc1)NC(=O)[C@H](CO)NC(=O)[C@H](N)Cc1cccnc1)C(=O)[C@](C)(C(=O)[C@@H](Cc1cccc2ccccc12)NC(C)=O)N(C(=O)[C@H](N)Cc1ccc(Cl)cc1)C(=O)[C@@H]1CCCN1C(=O)[C@@H](N)CCCCN=C(NCC)NCC)NCC. The number of amides is 10. The van der Waals surface area contributed by atoms with Gasteiger partial charge < -0.3 is 80.6 Å². The maximum Gasteiger partial charge on any atom is 0.270 e. The fourth-order valence-corrected chi connectivity index (χ4v) is 13.3. The molecule has 31 nitrogen and oxygen atoms in total. The molecular formula is C80H113ClN18O13. The van der Waals surface area contributed by atoms with Crippen molar-refractivity contribution in [1.82, 2.24) is 62.2 Å². The van der Waals surface area contributed by atoms with Crippen LogP contribution in [0.5, 0.6) is 5.75 Å². The third-order valence-corrected chi connectivity index (χ3v) is 19.2. The molecule has 18 N–H and O–H groups in total. The third kappa shape index (κ3) is 26.2. The van der Waals surface area contributed by atoms with Crippen LogP contribution in [0.4, 0.5) is 0 Å². The zero-order chi connectivity index (χ0) is 82.2. The Bertz CT molecular complexity index is 4040. The van der Waals surface area contributed by atoms with Crippen molar-refractivity contribution < 1.29 is 63.0 Å². The maximum absolute atomic E-state index is 17.6. The molecule has 32 heteroatoms. The van der Waals surface area contributed by atoms with Crippen molar-refractivity contribution in [3.63, 3.8) is 0 Å². The van der Waals surface area contributed by atoms with Gasteiger partial charge in [0.1, 0.15) is 29.9 Å². The number of nitrogens with one attached hydrogen (secondary N) is 8. The number of carbonyl (C=O) groups is 11. The van der Waals surface area contributed by atoms with Crippen LogP contribution in [0.25, 0.3) is 10.8 Å². The van der Waals surface area contributed by atoms with Crippen LogP contribution in [0.3, 0.4) is 0 Å². The summed E-state index contributed by atoms with van der Waals surface area (Å²) in [6.07, 6.45) is 2.53. The standard InChI is InChI=1S/C80H113ClN18O13/c1-9-87-78(88-10-2)91-39-17-15-27-59(82)69(104)94-64(42-49(5)6)74(109)98(75(110)65(45-52-32-36-57(102)37-33-52)95-71(106)66(48-100)96-70(105)61(84)44-53-22-20-38-86-47-53)77(112)80(8,68(103)63(93-50(7)101)46-55-25-19-24-54-23-13-14-26-58(54)55)99(73(108)62(85)43-51-30-34-56(81)35-31-51)76(111)67-29-21-41-97(67)72(107)60(83)28-16-18-40-92-79(89-11-3)90-12-4/h13-14,19-20,22-26,30-38,47,49,59-67,100,102H,9-12,15-18,21,27-29,39-46,48,82-85H2,1-8H3,(H,93,101)(H,94,104)(H,95,106)(H,96,105)(H2,87,88,91)(H2,89,90,92)/t59-,60+,61-,62-,63-,64+,65+,66+,67+,80+/m1/s1. The molecule has 608 valence electrons. The number of likely N-dealkylation sites (tertiary alicyclic amines) is 1. The van der Waals surface area contributed by atoms with Gasteiger partial charge in [0.15, 0.2) is 23.2 Å². The summed E-state index contributed by atoms with van der Waals surface area (Å²) >= 11 is 6.34.